The number of hydrogen-bond acceptors (Lipinski definition) is 5. The number of nitrogens with one attached hydrogen (secondary N) is 1. The molecule has 2 aromatic heterocycles. The third-order valence-electron chi connectivity index (χ3n) is 2.82. The first kappa shape index (κ1) is 9.99. The van der Waals surface area contributed by atoms with Crippen molar-refractivity contribution >= 4 is 11.3 Å². The van der Waals surface area contributed by atoms with Crippen molar-refractivity contribution in [1.82, 2.24) is 15.5 Å². The molecule has 1 aliphatic rings. The highest BCUT2D eigenvalue weighted by molar-refractivity contribution is 7.13. The van der Waals surface area contributed by atoms with Crippen molar-refractivity contribution in [2.75, 3.05) is 13.1 Å². The van der Waals surface area contributed by atoms with Crippen molar-refractivity contribution < 1.29 is 4.42 Å². The van der Waals surface area contributed by atoms with Gasteiger partial charge in [0, 0.05) is 12.5 Å². The Labute approximate surface area is 97.7 Å². The predicted octanol–water partition coefficient (Wildman–Crippen LogP) is 2.27. The van der Waals surface area contributed by atoms with Crippen LogP contribution >= 0.6 is 11.3 Å². The van der Waals surface area contributed by atoms with E-state index in [1.165, 1.54) is 6.42 Å². The second-order valence-corrected chi connectivity index (χ2v) is 4.91. The first-order chi connectivity index (χ1) is 7.93. The van der Waals surface area contributed by atoms with E-state index in [-0.39, 0.29) is 0 Å². The molecule has 3 heterocycles. The van der Waals surface area contributed by atoms with Crippen molar-refractivity contribution in [3.05, 3.63) is 23.4 Å². The molecule has 1 fully saturated rings. The van der Waals surface area contributed by atoms with Gasteiger partial charge in [0.05, 0.1) is 4.88 Å². The molecule has 0 bridgehead atoms. The highest BCUT2D eigenvalue weighted by atomic mass is 32.1. The molecule has 5 heteroatoms. The summed E-state index contributed by atoms with van der Waals surface area (Å²) >= 11 is 1.62. The monoisotopic (exact) mass is 235 g/mol. The van der Waals surface area contributed by atoms with Gasteiger partial charge in [-0.1, -0.05) is 6.07 Å². The number of nitrogens with zero attached hydrogens (tertiary/aromatic N) is 2. The molecule has 0 unspecified atom stereocenters. The molecule has 16 heavy (non-hydrogen) atoms. The van der Waals surface area contributed by atoms with E-state index in [1.54, 1.807) is 11.3 Å². The van der Waals surface area contributed by atoms with Crippen LogP contribution in [0.15, 0.2) is 21.9 Å². The zero-order chi connectivity index (χ0) is 10.8. The maximum atomic E-state index is 5.72. The summed E-state index contributed by atoms with van der Waals surface area (Å²) in [4.78, 5) is 1.04. The minimum absolute atomic E-state index is 0.384. The van der Waals surface area contributed by atoms with Crippen molar-refractivity contribution in [3.8, 4) is 10.8 Å². The molecular weight excluding hydrogens is 222 g/mol. The van der Waals surface area contributed by atoms with Gasteiger partial charge in [0.2, 0.25) is 5.89 Å². The number of aromatic nitrogens is 2. The van der Waals surface area contributed by atoms with Gasteiger partial charge >= 0.3 is 0 Å². The molecule has 84 valence electrons. The standard InChI is InChI=1S/C11H13N3OS/c1-3-8(7-12-5-1)10-13-14-11(15-10)9-4-2-6-16-9/h2,4,6,8,12H,1,3,5,7H2/t8-/m0/s1. The quantitative estimate of drug-likeness (QED) is 0.867. The third kappa shape index (κ3) is 1.88. The minimum Gasteiger partial charge on any atom is -0.420 e. The van der Waals surface area contributed by atoms with Crippen LogP contribution in [0.25, 0.3) is 10.8 Å². The SMILES string of the molecule is c1csc(-c2nnc([C@H]3CCCNC3)o2)c1. The fourth-order valence-electron chi connectivity index (χ4n) is 1.96. The van der Waals surface area contributed by atoms with E-state index < -0.39 is 0 Å². The van der Waals surface area contributed by atoms with Gasteiger partial charge in [-0.05, 0) is 30.8 Å². The molecule has 0 spiro atoms. The van der Waals surface area contributed by atoms with Crippen molar-refractivity contribution in [1.29, 1.82) is 0 Å². The normalized spacial score (nSPS) is 21.1. The summed E-state index contributed by atoms with van der Waals surface area (Å²) in [5.41, 5.74) is 0. The lowest BCUT2D eigenvalue weighted by molar-refractivity contribution is 0.381. The predicted molar refractivity (Wildman–Crippen MR) is 62.5 cm³/mol. The summed E-state index contributed by atoms with van der Waals surface area (Å²) in [7, 11) is 0. The third-order valence-corrected chi connectivity index (χ3v) is 3.68. The zero-order valence-electron chi connectivity index (χ0n) is 8.85. The van der Waals surface area contributed by atoms with Gasteiger partial charge in [0.25, 0.3) is 5.89 Å². The average molecular weight is 235 g/mol. The summed E-state index contributed by atoms with van der Waals surface area (Å²) in [5.74, 6) is 1.81. The lowest BCUT2D eigenvalue weighted by atomic mass is 10.00. The smallest absolute Gasteiger partial charge is 0.257 e. The fourth-order valence-corrected chi connectivity index (χ4v) is 2.61. The van der Waals surface area contributed by atoms with E-state index in [2.05, 4.69) is 15.5 Å². The fraction of sp³-hybridized carbons (Fsp3) is 0.455. The molecule has 0 aliphatic carbocycles. The van der Waals surface area contributed by atoms with Gasteiger partial charge in [-0.15, -0.1) is 21.5 Å². The molecule has 1 aliphatic heterocycles. The molecule has 0 aromatic carbocycles. The van der Waals surface area contributed by atoms with E-state index >= 15 is 0 Å². The Morgan fingerprint density at radius 3 is 3.19 bits per heavy atom. The van der Waals surface area contributed by atoms with E-state index in [0.717, 1.165) is 30.3 Å². The highest BCUT2D eigenvalue weighted by Gasteiger charge is 2.21. The molecule has 4 nitrogen and oxygen atoms in total. The van der Waals surface area contributed by atoms with E-state index in [4.69, 9.17) is 4.42 Å². The maximum Gasteiger partial charge on any atom is 0.257 e. The van der Waals surface area contributed by atoms with E-state index in [9.17, 15) is 0 Å². The summed E-state index contributed by atoms with van der Waals surface area (Å²) in [6, 6.07) is 3.99. The van der Waals surface area contributed by atoms with E-state index in [1.807, 2.05) is 17.5 Å². The molecule has 1 saturated heterocycles. The van der Waals surface area contributed by atoms with Gasteiger partial charge in [-0.2, -0.15) is 0 Å². The second kappa shape index (κ2) is 4.35. The molecule has 0 saturated carbocycles. The first-order valence-electron chi connectivity index (χ1n) is 5.51. The lowest BCUT2D eigenvalue weighted by Gasteiger charge is -2.18. The van der Waals surface area contributed by atoms with Crippen LogP contribution in [-0.2, 0) is 0 Å². The van der Waals surface area contributed by atoms with Gasteiger partial charge in [-0.3, -0.25) is 0 Å². The minimum atomic E-state index is 0.384. The van der Waals surface area contributed by atoms with Crippen molar-refractivity contribution in [2.24, 2.45) is 0 Å². The Kier molecular flexibility index (Phi) is 2.71. The second-order valence-electron chi connectivity index (χ2n) is 3.97. The lowest BCUT2D eigenvalue weighted by Crippen LogP contribution is -2.28. The van der Waals surface area contributed by atoms with Crippen LogP contribution in [0.1, 0.15) is 24.7 Å². The van der Waals surface area contributed by atoms with Crippen LogP contribution in [0.3, 0.4) is 0 Å². The summed E-state index contributed by atoms with van der Waals surface area (Å²) in [6.45, 7) is 2.05. The number of thiophene rings is 1. The summed E-state index contributed by atoms with van der Waals surface area (Å²) in [6.07, 6.45) is 2.32. The Hall–Kier alpha value is -1.20. The zero-order valence-corrected chi connectivity index (χ0v) is 9.67. The van der Waals surface area contributed by atoms with Gasteiger partial charge in [0.15, 0.2) is 0 Å². The molecule has 0 amide bonds. The first-order valence-corrected chi connectivity index (χ1v) is 6.39. The molecule has 3 rings (SSSR count). The van der Waals surface area contributed by atoms with E-state index in [0.29, 0.717) is 11.8 Å². The van der Waals surface area contributed by atoms with Crippen molar-refractivity contribution in [2.45, 2.75) is 18.8 Å². The van der Waals surface area contributed by atoms with Crippen LogP contribution < -0.4 is 5.32 Å². The largest absolute Gasteiger partial charge is 0.420 e. The molecule has 2 aromatic rings. The van der Waals surface area contributed by atoms with Crippen molar-refractivity contribution in [3.63, 3.8) is 0 Å². The molecule has 1 N–H and O–H groups in total. The van der Waals surface area contributed by atoms with Crippen LogP contribution in [0, 0.1) is 0 Å². The van der Waals surface area contributed by atoms with Gasteiger partial charge < -0.3 is 9.73 Å². The number of hydrogen-bond donors (Lipinski definition) is 1. The van der Waals surface area contributed by atoms with Crippen LogP contribution in [0.2, 0.25) is 0 Å². The average Bonchev–Trinajstić information content (AvgIpc) is 3.01. The Morgan fingerprint density at radius 2 is 2.44 bits per heavy atom. The molecule has 0 radical (unpaired) electrons. The highest BCUT2D eigenvalue weighted by Crippen LogP contribution is 2.27. The number of rotatable bonds is 2. The van der Waals surface area contributed by atoms with Crippen LogP contribution in [-0.4, -0.2) is 23.3 Å². The molecule has 1 atom stereocenters. The topological polar surface area (TPSA) is 51.0 Å². The Balaban J connectivity index is 1.82. The number of piperidine rings is 1. The molecular formula is C11H13N3OS. The van der Waals surface area contributed by atoms with Crippen LogP contribution in [0.4, 0.5) is 0 Å². The Bertz CT molecular complexity index is 446. The Morgan fingerprint density at radius 1 is 1.44 bits per heavy atom. The van der Waals surface area contributed by atoms with Crippen LogP contribution in [0.5, 0.6) is 0 Å². The summed E-state index contributed by atoms with van der Waals surface area (Å²) < 4.78 is 5.72. The van der Waals surface area contributed by atoms with Gasteiger partial charge in [-0.25, -0.2) is 0 Å². The van der Waals surface area contributed by atoms with Gasteiger partial charge in [0.1, 0.15) is 0 Å². The summed E-state index contributed by atoms with van der Waals surface area (Å²) in [5, 5.41) is 13.6. The maximum absolute atomic E-state index is 5.72.